The molecule has 2 fully saturated rings. The number of halogens is 5. The third-order valence-electron chi connectivity index (χ3n) is 8.46. The van der Waals surface area contributed by atoms with Crippen LogP contribution in [0.1, 0.15) is 48.0 Å². The third kappa shape index (κ3) is 6.42. The number of imidazole rings is 1. The second-order valence-electron chi connectivity index (χ2n) is 11.5. The Morgan fingerprint density at radius 1 is 1.07 bits per heavy atom. The number of aromatic amines is 1. The number of rotatable bonds is 9. The number of piperidine rings is 1. The smallest absolute Gasteiger partial charge is 0.451 e. The number of H-pyrrole nitrogens is 1. The van der Waals surface area contributed by atoms with Crippen molar-refractivity contribution in [3.8, 4) is 17.4 Å². The molecule has 1 atom stereocenters. The van der Waals surface area contributed by atoms with Crippen LogP contribution >= 0.6 is 11.6 Å². The lowest BCUT2D eigenvalue weighted by Gasteiger charge is -2.33. The van der Waals surface area contributed by atoms with Crippen LogP contribution in [0.2, 0.25) is 5.02 Å². The van der Waals surface area contributed by atoms with Crippen molar-refractivity contribution in [3.05, 3.63) is 82.4 Å². The summed E-state index contributed by atoms with van der Waals surface area (Å²) in [6, 6.07) is 10.0. The van der Waals surface area contributed by atoms with Gasteiger partial charge in [-0.05, 0) is 62.5 Å². The van der Waals surface area contributed by atoms with E-state index in [1.54, 1.807) is 30.6 Å². The standard InChI is InChI=1S/C31H29ClF4N8O2/c32-20-4-3-19(23(33)12-20)17-46-29-22(2-1-8-37-29)18-5-9-43(10-6-18)16-27-39-24-13-25(28-40-30(42-41-28)31(34,35)36)38-14-26(24)44(27)15-21-7-11-45-21/h1-4,8,12-14,18,21H,5-7,9-11,15-17H2,(H,40,41,42)/t21-/m0/s1. The fraction of sp³-hybridized carbons (Fsp3) is 0.387. The number of pyridine rings is 2. The van der Waals surface area contributed by atoms with Gasteiger partial charge >= 0.3 is 6.18 Å². The van der Waals surface area contributed by atoms with E-state index in [9.17, 15) is 17.6 Å². The molecule has 15 heteroatoms. The topological polar surface area (TPSA) is 107 Å². The van der Waals surface area contributed by atoms with Gasteiger partial charge in [-0.2, -0.15) is 13.2 Å². The molecule has 5 aromatic rings. The van der Waals surface area contributed by atoms with Crippen molar-refractivity contribution in [1.29, 1.82) is 0 Å². The summed E-state index contributed by atoms with van der Waals surface area (Å²) in [6.45, 7) is 3.55. The van der Waals surface area contributed by atoms with Crippen LogP contribution in [0.4, 0.5) is 17.6 Å². The van der Waals surface area contributed by atoms with Gasteiger partial charge in [0, 0.05) is 29.0 Å². The molecule has 1 N–H and O–H groups in total. The van der Waals surface area contributed by atoms with Gasteiger partial charge in [0.25, 0.3) is 0 Å². The second kappa shape index (κ2) is 12.6. The number of likely N-dealkylation sites (tertiary alicyclic amines) is 1. The molecule has 4 aromatic heterocycles. The third-order valence-corrected chi connectivity index (χ3v) is 8.70. The van der Waals surface area contributed by atoms with Crippen LogP contribution in [-0.4, -0.2) is 65.4 Å². The lowest BCUT2D eigenvalue weighted by molar-refractivity contribution is -0.144. The van der Waals surface area contributed by atoms with E-state index in [1.807, 2.05) is 12.1 Å². The van der Waals surface area contributed by atoms with E-state index in [2.05, 4.69) is 34.6 Å². The Balaban J connectivity index is 1.06. The number of hydrogen-bond acceptors (Lipinski definition) is 8. The molecule has 2 aliphatic rings. The number of ether oxygens (including phenoxy) is 2. The summed E-state index contributed by atoms with van der Waals surface area (Å²) in [7, 11) is 0. The zero-order valence-electron chi connectivity index (χ0n) is 24.5. The van der Waals surface area contributed by atoms with E-state index >= 15 is 0 Å². The highest BCUT2D eigenvalue weighted by molar-refractivity contribution is 6.30. The van der Waals surface area contributed by atoms with Crippen molar-refractivity contribution < 1.29 is 27.0 Å². The molecular weight excluding hydrogens is 628 g/mol. The maximum absolute atomic E-state index is 14.3. The van der Waals surface area contributed by atoms with E-state index in [1.165, 1.54) is 6.07 Å². The minimum Gasteiger partial charge on any atom is -0.472 e. The van der Waals surface area contributed by atoms with Crippen LogP contribution in [0.15, 0.2) is 48.8 Å². The molecule has 0 unspecified atom stereocenters. The molecule has 0 amide bonds. The lowest BCUT2D eigenvalue weighted by atomic mass is 9.90. The van der Waals surface area contributed by atoms with Crippen LogP contribution < -0.4 is 4.74 Å². The van der Waals surface area contributed by atoms with Crippen LogP contribution in [0, 0.1) is 5.82 Å². The Kier molecular flexibility index (Phi) is 8.34. The monoisotopic (exact) mass is 656 g/mol. The second-order valence-corrected chi connectivity index (χ2v) is 11.9. The molecule has 2 saturated heterocycles. The maximum atomic E-state index is 14.3. The molecule has 0 aliphatic carbocycles. The number of benzene rings is 1. The number of nitrogens with zero attached hydrogens (tertiary/aromatic N) is 7. The Morgan fingerprint density at radius 2 is 1.89 bits per heavy atom. The Hall–Kier alpha value is -4.14. The van der Waals surface area contributed by atoms with E-state index in [0.717, 1.165) is 49.3 Å². The van der Waals surface area contributed by atoms with Gasteiger partial charge in [0.2, 0.25) is 11.7 Å². The van der Waals surface area contributed by atoms with Gasteiger partial charge in [0.1, 0.15) is 23.9 Å². The first-order valence-corrected chi connectivity index (χ1v) is 15.3. The molecule has 6 heterocycles. The molecule has 1 aromatic carbocycles. The predicted molar refractivity (Wildman–Crippen MR) is 159 cm³/mol. The zero-order chi connectivity index (χ0) is 31.8. The first kappa shape index (κ1) is 30.5. The fourth-order valence-electron chi connectivity index (χ4n) is 5.89. The number of alkyl halides is 3. The molecule has 0 spiro atoms. The van der Waals surface area contributed by atoms with Crippen molar-refractivity contribution in [1.82, 2.24) is 39.6 Å². The van der Waals surface area contributed by atoms with Crippen molar-refractivity contribution in [2.24, 2.45) is 0 Å². The van der Waals surface area contributed by atoms with Gasteiger partial charge in [-0.3, -0.25) is 9.88 Å². The number of hydrogen-bond donors (Lipinski definition) is 1. The molecule has 2 aliphatic heterocycles. The zero-order valence-corrected chi connectivity index (χ0v) is 25.2. The Bertz CT molecular complexity index is 1850. The molecule has 46 heavy (non-hydrogen) atoms. The van der Waals surface area contributed by atoms with Crippen LogP contribution in [-0.2, 0) is 30.6 Å². The summed E-state index contributed by atoms with van der Waals surface area (Å²) < 4.78 is 67.3. The van der Waals surface area contributed by atoms with Crippen LogP contribution in [0.3, 0.4) is 0 Å². The highest BCUT2D eigenvalue weighted by Gasteiger charge is 2.35. The van der Waals surface area contributed by atoms with Gasteiger partial charge in [-0.1, -0.05) is 23.7 Å². The van der Waals surface area contributed by atoms with Gasteiger partial charge < -0.3 is 19.0 Å². The molecule has 7 rings (SSSR count). The van der Waals surface area contributed by atoms with Crippen molar-refractivity contribution in [2.45, 2.75) is 57.2 Å². The van der Waals surface area contributed by atoms with E-state index < -0.39 is 17.8 Å². The maximum Gasteiger partial charge on any atom is 0.451 e. The largest absolute Gasteiger partial charge is 0.472 e. The normalized spacial score (nSPS) is 17.8. The van der Waals surface area contributed by atoms with E-state index in [4.69, 9.17) is 26.1 Å². The van der Waals surface area contributed by atoms with Crippen LogP contribution in [0.5, 0.6) is 5.88 Å². The van der Waals surface area contributed by atoms with Gasteiger partial charge in [0.05, 0.1) is 36.4 Å². The highest BCUT2D eigenvalue weighted by atomic mass is 35.5. The summed E-state index contributed by atoms with van der Waals surface area (Å²) in [5.41, 5.74) is 2.99. The minimum atomic E-state index is -4.64. The summed E-state index contributed by atoms with van der Waals surface area (Å²) in [5.74, 6) is -0.142. The fourth-order valence-corrected chi connectivity index (χ4v) is 6.04. The summed E-state index contributed by atoms with van der Waals surface area (Å²) in [6.07, 6.45) is 1.37. The van der Waals surface area contributed by atoms with Gasteiger partial charge in [-0.25, -0.2) is 14.4 Å². The first-order chi connectivity index (χ1) is 22.2. The molecular formula is C31H29ClF4N8O2. The van der Waals surface area contributed by atoms with Gasteiger partial charge in [-0.15, -0.1) is 10.2 Å². The SMILES string of the molecule is Fc1cc(Cl)ccc1COc1ncccc1C1CCN(Cc2nc3cc(-c4nnc(C(F)(F)F)[nH]4)ncc3n2C[C@@H]2CCO2)CC1. The van der Waals surface area contributed by atoms with Crippen molar-refractivity contribution >= 4 is 22.6 Å². The van der Waals surface area contributed by atoms with Crippen molar-refractivity contribution in [2.75, 3.05) is 19.7 Å². The van der Waals surface area contributed by atoms with Gasteiger partial charge in [0.15, 0.2) is 5.82 Å². The Labute approximate surface area is 265 Å². The molecule has 0 saturated carbocycles. The summed E-state index contributed by atoms with van der Waals surface area (Å²) in [4.78, 5) is 18.2. The highest BCUT2D eigenvalue weighted by Crippen LogP contribution is 2.34. The van der Waals surface area contributed by atoms with E-state index in [0.29, 0.717) is 41.7 Å². The molecule has 10 nitrogen and oxygen atoms in total. The first-order valence-electron chi connectivity index (χ1n) is 14.9. The minimum absolute atomic E-state index is 0.0449. The average Bonchev–Trinajstić information content (AvgIpc) is 3.64. The van der Waals surface area contributed by atoms with Crippen LogP contribution in [0.25, 0.3) is 22.6 Å². The lowest BCUT2D eigenvalue weighted by Crippen LogP contribution is -2.35. The number of nitrogens with one attached hydrogen (secondary N) is 1. The Morgan fingerprint density at radius 3 is 2.61 bits per heavy atom. The average molecular weight is 657 g/mol. The molecule has 0 radical (unpaired) electrons. The van der Waals surface area contributed by atoms with E-state index in [-0.39, 0.29) is 30.1 Å². The quantitative estimate of drug-likeness (QED) is 0.188. The molecule has 240 valence electrons. The predicted octanol–water partition coefficient (Wildman–Crippen LogP) is 6.17. The summed E-state index contributed by atoms with van der Waals surface area (Å²) >= 11 is 5.88. The number of aromatic nitrogens is 7. The van der Waals surface area contributed by atoms with Crippen molar-refractivity contribution in [3.63, 3.8) is 0 Å². The number of fused-ring (bicyclic) bond motifs is 1. The molecule has 0 bridgehead atoms. The summed E-state index contributed by atoms with van der Waals surface area (Å²) in [5, 5.41) is 7.18.